The van der Waals surface area contributed by atoms with Crippen molar-refractivity contribution >= 4 is 6.08 Å². The highest BCUT2D eigenvalue weighted by atomic mass is 16.3. The topological polar surface area (TPSA) is 20.2 Å². The second-order valence-electron chi connectivity index (χ2n) is 2.88. The molecule has 1 rings (SSSR count). The summed E-state index contributed by atoms with van der Waals surface area (Å²) in [5.41, 5.74) is 2.37. The molecule has 0 aromatic heterocycles. The molecule has 0 radical (unpaired) electrons. The van der Waals surface area contributed by atoms with E-state index in [1.54, 1.807) is 13.0 Å². The maximum absolute atomic E-state index is 8.99. The van der Waals surface area contributed by atoms with Crippen LogP contribution in [0.2, 0.25) is 0 Å². The lowest BCUT2D eigenvalue weighted by molar-refractivity contribution is 0.420. The van der Waals surface area contributed by atoms with Crippen LogP contribution < -0.4 is 0 Å². The minimum Gasteiger partial charge on any atom is -0.513 e. The van der Waals surface area contributed by atoms with Crippen LogP contribution in [0.4, 0.5) is 0 Å². The van der Waals surface area contributed by atoms with E-state index in [1.807, 2.05) is 12.1 Å². The number of allylic oxidation sites excluding steroid dienone is 1. The van der Waals surface area contributed by atoms with E-state index in [0.717, 1.165) is 12.0 Å². The maximum Gasteiger partial charge on any atom is 0.0897 e. The van der Waals surface area contributed by atoms with Gasteiger partial charge in [0, 0.05) is 0 Å². The lowest BCUT2D eigenvalue weighted by Gasteiger charge is -1.97. The quantitative estimate of drug-likeness (QED) is 0.662. The van der Waals surface area contributed by atoms with E-state index in [1.165, 1.54) is 5.56 Å². The SMILES string of the molecule is CCc1ccc(C=C(C)O)cc1. The van der Waals surface area contributed by atoms with E-state index in [2.05, 4.69) is 19.1 Å². The molecule has 0 aliphatic carbocycles. The first-order valence-corrected chi connectivity index (χ1v) is 4.18. The maximum atomic E-state index is 8.99. The predicted octanol–water partition coefficient (Wildman–Crippen LogP) is 3.17. The molecule has 64 valence electrons. The van der Waals surface area contributed by atoms with Crippen molar-refractivity contribution in [3.63, 3.8) is 0 Å². The molecule has 12 heavy (non-hydrogen) atoms. The minimum atomic E-state index is 0.347. The van der Waals surface area contributed by atoms with Gasteiger partial charge in [0.1, 0.15) is 0 Å². The van der Waals surface area contributed by atoms with Crippen molar-refractivity contribution in [2.24, 2.45) is 0 Å². The third-order valence-corrected chi connectivity index (χ3v) is 1.76. The Bertz CT molecular complexity index is 266. The predicted molar refractivity (Wildman–Crippen MR) is 52.1 cm³/mol. The average molecular weight is 162 g/mol. The molecule has 0 amide bonds. The highest BCUT2D eigenvalue weighted by Gasteiger charge is 1.89. The van der Waals surface area contributed by atoms with Crippen molar-refractivity contribution in [1.82, 2.24) is 0 Å². The van der Waals surface area contributed by atoms with Crippen molar-refractivity contribution in [1.29, 1.82) is 0 Å². The van der Waals surface area contributed by atoms with Gasteiger partial charge in [-0.05, 0) is 30.5 Å². The van der Waals surface area contributed by atoms with Gasteiger partial charge in [0.05, 0.1) is 5.76 Å². The second-order valence-corrected chi connectivity index (χ2v) is 2.88. The molecule has 0 bridgehead atoms. The van der Waals surface area contributed by atoms with Crippen molar-refractivity contribution < 1.29 is 5.11 Å². The van der Waals surface area contributed by atoms with Gasteiger partial charge in [-0.2, -0.15) is 0 Å². The van der Waals surface area contributed by atoms with Gasteiger partial charge < -0.3 is 5.11 Å². The van der Waals surface area contributed by atoms with Gasteiger partial charge in [-0.1, -0.05) is 31.2 Å². The van der Waals surface area contributed by atoms with Crippen molar-refractivity contribution in [3.05, 3.63) is 41.2 Å². The van der Waals surface area contributed by atoms with Crippen LogP contribution in [0.1, 0.15) is 25.0 Å². The molecule has 0 aliphatic rings. The van der Waals surface area contributed by atoms with E-state index < -0.39 is 0 Å². The molecule has 0 saturated heterocycles. The molecule has 0 fully saturated rings. The van der Waals surface area contributed by atoms with Crippen molar-refractivity contribution in [3.8, 4) is 0 Å². The van der Waals surface area contributed by atoms with Gasteiger partial charge in [0.15, 0.2) is 0 Å². The Hall–Kier alpha value is -1.24. The van der Waals surface area contributed by atoms with Crippen LogP contribution in [0.15, 0.2) is 30.0 Å². The van der Waals surface area contributed by atoms with E-state index in [4.69, 9.17) is 5.11 Å². The number of hydrogen-bond acceptors (Lipinski definition) is 1. The minimum absolute atomic E-state index is 0.347. The van der Waals surface area contributed by atoms with Gasteiger partial charge in [0.25, 0.3) is 0 Å². The molecule has 1 heteroatoms. The van der Waals surface area contributed by atoms with E-state index >= 15 is 0 Å². The summed E-state index contributed by atoms with van der Waals surface area (Å²) in [5, 5.41) is 8.99. The lowest BCUT2D eigenvalue weighted by Crippen LogP contribution is -1.80. The monoisotopic (exact) mass is 162 g/mol. The summed E-state index contributed by atoms with van der Waals surface area (Å²) in [5.74, 6) is 0.347. The van der Waals surface area contributed by atoms with Crippen LogP contribution in [0.5, 0.6) is 0 Å². The Balaban J connectivity index is 2.85. The van der Waals surface area contributed by atoms with Gasteiger partial charge in [-0.3, -0.25) is 0 Å². The summed E-state index contributed by atoms with van der Waals surface area (Å²) in [6.45, 7) is 3.80. The number of hydrogen-bond donors (Lipinski definition) is 1. The largest absolute Gasteiger partial charge is 0.513 e. The third-order valence-electron chi connectivity index (χ3n) is 1.76. The van der Waals surface area contributed by atoms with Crippen LogP contribution in [0.25, 0.3) is 6.08 Å². The molecular formula is C11H14O. The first kappa shape index (κ1) is 8.85. The van der Waals surface area contributed by atoms with Crippen LogP contribution >= 0.6 is 0 Å². The van der Waals surface area contributed by atoms with Gasteiger partial charge >= 0.3 is 0 Å². The van der Waals surface area contributed by atoms with E-state index in [0.29, 0.717) is 5.76 Å². The molecule has 0 atom stereocenters. The number of aryl methyl sites for hydroxylation is 1. The zero-order chi connectivity index (χ0) is 8.97. The molecule has 1 aromatic carbocycles. The molecule has 0 heterocycles. The summed E-state index contributed by atoms with van der Waals surface area (Å²) in [6.07, 6.45) is 2.81. The fraction of sp³-hybridized carbons (Fsp3) is 0.273. The molecule has 1 aromatic rings. The van der Waals surface area contributed by atoms with Crippen LogP contribution in [0.3, 0.4) is 0 Å². The zero-order valence-electron chi connectivity index (χ0n) is 7.54. The molecular weight excluding hydrogens is 148 g/mol. The fourth-order valence-electron chi connectivity index (χ4n) is 1.09. The molecule has 0 unspecified atom stereocenters. The van der Waals surface area contributed by atoms with Crippen molar-refractivity contribution in [2.45, 2.75) is 20.3 Å². The van der Waals surface area contributed by atoms with Gasteiger partial charge in [-0.25, -0.2) is 0 Å². The van der Waals surface area contributed by atoms with Crippen molar-refractivity contribution in [2.75, 3.05) is 0 Å². The summed E-state index contributed by atoms with van der Waals surface area (Å²) < 4.78 is 0. The molecule has 0 spiro atoms. The van der Waals surface area contributed by atoms with Crippen LogP contribution in [-0.2, 0) is 6.42 Å². The molecule has 0 aliphatic heterocycles. The number of aliphatic hydroxyl groups excluding tert-OH is 1. The Morgan fingerprint density at radius 2 is 1.92 bits per heavy atom. The van der Waals surface area contributed by atoms with E-state index in [-0.39, 0.29) is 0 Å². The smallest absolute Gasteiger partial charge is 0.0897 e. The molecule has 0 saturated carbocycles. The lowest BCUT2D eigenvalue weighted by atomic mass is 10.1. The highest BCUT2D eigenvalue weighted by molar-refractivity contribution is 5.50. The third kappa shape index (κ3) is 2.42. The van der Waals surface area contributed by atoms with Crippen LogP contribution in [-0.4, -0.2) is 5.11 Å². The highest BCUT2D eigenvalue weighted by Crippen LogP contribution is 2.07. The normalized spacial score (nSPS) is 11.7. The second kappa shape index (κ2) is 3.96. The standard InChI is InChI=1S/C11H14O/c1-3-10-4-6-11(7-5-10)8-9(2)12/h4-8,12H,3H2,1-2H3. The Morgan fingerprint density at radius 3 is 2.33 bits per heavy atom. The summed E-state index contributed by atoms with van der Waals surface area (Å²) in [6, 6.07) is 8.18. The Labute approximate surface area is 73.4 Å². The zero-order valence-corrected chi connectivity index (χ0v) is 7.54. The van der Waals surface area contributed by atoms with Gasteiger partial charge in [0.2, 0.25) is 0 Å². The number of rotatable bonds is 2. The summed E-state index contributed by atoms with van der Waals surface area (Å²) in [4.78, 5) is 0. The average Bonchev–Trinajstić information content (AvgIpc) is 2.05. The fourth-order valence-corrected chi connectivity index (χ4v) is 1.09. The molecule has 1 nitrogen and oxygen atoms in total. The van der Waals surface area contributed by atoms with Crippen LogP contribution in [0, 0.1) is 0 Å². The first-order valence-electron chi connectivity index (χ1n) is 4.18. The summed E-state index contributed by atoms with van der Waals surface area (Å²) in [7, 11) is 0. The number of benzene rings is 1. The summed E-state index contributed by atoms with van der Waals surface area (Å²) >= 11 is 0. The molecule has 1 N–H and O–H groups in total. The first-order chi connectivity index (χ1) is 5.72. The number of aliphatic hydroxyl groups is 1. The Morgan fingerprint density at radius 1 is 1.33 bits per heavy atom. The van der Waals surface area contributed by atoms with E-state index in [9.17, 15) is 0 Å². The Kier molecular flexibility index (Phi) is 2.92. The van der Waals surface area contributed by atoms with Gasteiger partial charge in [-0.15, -0.1) is 0 Å².